The van der Waals surface area contributed by atoms with Crippen LogP contribution in [0.2, 0.25) is 0 Å². The Balaban J connectivity index is 1.41. The number of likely N-dealkylation sites (tertiary alicyclic amines) is 1. The highest BCUT2D eigenvalue weighted by atomic mass is 32.1. The Bertz CT molecular complexity index is 976. The lowest BCUT2D eigenvalue weighted by Crippen LogP contribution is -2.61. The van der Waals surface area contributed by atoms with E-state index in [1.807, 2.05) is 90.0 Å². The van der Waals surface area contributed by atoms with Gasteiger partial charge < -0.3 is 15.0 Å². The number of β-lactam (4-membered cyclic amide) rings is 1. The van der Waals surface area contributed by atoms with Gasteiger partial charge in [0.05, 0.1) is 12.0 Å². The van der Waals surface area contributed by atoms with Gasteiger partial charge in [-0.3, -0.25) is 4.79 Å². The first kappa shape index (κ1) is 20.2. The molecule has 3 atom stereocenters. The van der Waals surface area contributed by atoms with E-state index in [1.54, 1.807) is 11.3 Å². The van der Waals surface area contributed by atoms with Gasteiger partial charge in [0.1, 0.15) is 6.61 Å². The standard InChI is InChI=1S/C24H24N2O3S/c1-17(25-24(28)29-16-19-11-6-3-7-12-19)21-22(20-13-8-14-30-20)26(23(21)27)15-18-9-4-2-5-10-18/h2-14,17,21-22H,15-16H2,1H3,(H,25,28)/t17-,21+,22+/m0/s1. The van der Waals surface area contributed by atoms with E-state index in [0.717, 1.165) is 16.0 Å². The summed E-state index contributed by atoms with van der Waals surface area (Å²) in [7, 11) is 0. The van der Waals surface area contributed by atoms with Crippen LogP contribution in [-0.2, 0) is 22.7 Å². The summed E-state index contributed by atoms with van der Waals surface area (Å²) in [5.74, 6) is -0.259. The number of carbonyl (C=O) groups is 2. The topological polar surface area (TPSA) is 58.6 Å². The maximum atomic E-state index is 13.0. The lowest BCUT2D eigenvalue weighted by molar-refractivity contribution is -0.159. The molecule has 154 valence electrons. The number of alkyl carbamates (subject to hydrolysis) is 1. The summed E-state index contributed by atoms with van der Waals surface area (Å²) < 4.78 is 5.33. The van der Waals surface area contributed by atoms with E-state index in [-0.39, 0.29) is 30.5 Å². The summed E-state index contributed by atoms with van der Waals surface area (Å²) in [6.07, 6.45) is -0.509. The maximum Gasteiger partial charge on any atom is 0.407 e. The minimum atomic E-state index is -0.509. The van der Waals surface area contributed by atoms with E-state index in [4.69, 9.17) is 4.74 Å². The molecule has 0 spiro atoms. The SMILES string of the molecule is C[C@H](NC(=O)OCc1ccccc1)[C@H]1C(=O)N(Cc2ccccc2)[C@@H]1c1cccs1. The van der Waals surface area contributed by atoms with E-state index >= 15 is 0 Å². The second kappa shape index (κ2) is 9.13. The molecule has 1 aromatic heterocycles. The fourth-order valence-electron chi connectivity index (χ4n) is 3.85. The molecule has 2 aromatic carbocycles. The number of thiophene rings is 1. The van der Waals surface area contributed by atoms with Crippen LogP contribution in [0.15, 0.2) is 78.2 Å². The first-order valence-electron chi connectivity index (χ1n) is 9.98. The smallest absolute Gasteiger partial charge is 0.407 e. The summed E-state index contributed by atoms with van der Waals surface area (Å²) in [6.45, 7) is 2.63. The Kier molecular flexibility index (Phi) is 6.14. The third-order valence-corrected chi connectivity index (χ3v) is 6.31. The van der Waals surface area contributed by atoms with Crippen LogP contribution in [0.1, 0.15) is 29.0 Å². The van der Waals surface area contributed by atoms with E-state index in [2.05, 4.69) is 5.32 Å². The van der Waals surface area contributed by atoms with Crippen LogP contribution < -0.4 is 5.32 Å². The molecule has 1 aliphatic heterocycles. The van der Waals surface area contributed by atoms with E-state index in [1.165, 1.54) is 0 Å². The number of hydrogen-bond donors (Lipinski definition) is 1. The average Bonchev–Trinajstić information content (AvgIpc) is 3.29. The van der Waals surface area contributed by atoms with Gasteiger partial charge in [-0.25, -0.2) is 4.79 Å². The largest absolute Gasteiger partial charge is 0.445 e. The van der Waals surface area contributed by atoms with Gasteiger partial charge in [-0.1, -0.05) is 66.7 Å². The zero-order chi connectivity index (χ0) is 20.9. The fourth-order valence-corrected chi connectivity index (χ4v) is 4.73. The molecule has 3 aromatic rings. The van der Waals surface area contributed by atoms with Crippen molar-refractivity contribution in [2.24, 2.45) is 5.92 Å². The highest BCUT2D eigenvalue weighted by molar-refractivity contribution is 7.10. The van der Waals surface area contributed by atoms with Gasteiger partial charge in [0.25, 0.3) is 0 Å². The molecule has 2 amide bonds. The van der Waals surface area contributed by atoms with Crippen molar-refractivity contribution >= 4 is 23.3 Å². The molecule has 1 aliphatic rings. The Hall–Kier alpha value is -3.12. The first-order chi connectivity index (χ1) is 14.6. The Labute approximate surface area is 180 Å². The zero-order valence-corrected chi connectivity index (χ0v) is 17.5. The minimum absolute atomic E-state index is 0.0492. The van der Waals surface area contributed by atoms with Crippen LogP contribution in [-0.4, -0.2) is 22.9 Å². The molecule has 1 N–H and O–H groups in total. The minimum Gasteiger partial charge on any atom is -0.445 e. The molecule has 30 heavy (non-hydrogen) atoms. The van der Waals surface area contributed by atoms with Gasteiger partial charge in [-0.15, -0.1) is 11.3 Å². The van der Waals surface area contributed by atoms with Gasteiger partial charge in [0.2, 0.25) is 5.91 Å². The van der Waals surface area contributed by atoms with Gasteiger partial charge in [0, 0.05) is 17.5 Å². The molecule has 5 nitrogen and oxygen atoms in total. The van der Waals surface area contributed by atoms with Crippen molar-refractivity contribution in [3.8, 4) is 0 Å². The lowest BCUT2D eigenvalue weighted by atomic mass is 9.80. The summed E-state index contributed by atoms with van der Waals surface area (Å²) in [5, 5.41) is 4.87. The summed E-state index contributed by atoms with van der Waals surface area (Å²) >= 11 is 1.63. The van der Waals surface area contributed by atoms with Crippen LogP contribution >= 0.6 is 11.3 Å². The predicted octanol–water partition coefficient (Wildman–Crippen LogP) is 4.76. The van der Waals surface area contributed by atoms with Crippen LogP contribution in [0, 0.1) is 5.92 Å². The summed E-state index contributed by atoms with van der Waals surface area (Å²) in [5.41, 5.74) is 2.01. The molecular weight excluding hydrogens is 396 g/mol. The van der Waals surface area contributed by atoms with E-state index < -0.39 is 6.09 Å². The number of ether oxygens (including phenoxy) is 1. The molecule has 0 aliphatic carbocycles. The van der Waals surface area contributed by atoms with Gasteiger partial charge in [-0.05, 0) is 29.5 Å². The maximum absolute atomic E-state index is 13.0. The molecule has 0 unspecified atom stereocenters. The monoisotopic (exact) mass is 420 g/mol. The van der Waals surface area contributed by atoms with Crippen LogP contribution in [0.4, 0.5) is 4.79 Å². The van der Waals surface area contributed by atoms with Gasteiger partial charge in [-0.2, -0.15) is 0 Å². The average molecular weight is 421 g/mol. The molecule has 0 radical (unpaired) electrons. The normalized spacial score (nSPS) is 19.1. The van der Waals surface area contributed by atoms with E-state index in [0.29, 0.717) is 6.54 Å². The van der Waals surface area contributed by atoms with Gasteiger partial charge in [0.15, 0.2) is 0 Å². The third kappa shape index (κ3) is 4.39. The summed E-state index contributed by atoms with van der Waals surface area (Å²) in [6, 6.07) is 23.1. The van der Waals surface area contributed by atoms with Crippen molar-refractivity contribution < 1.29 is 14.3 Å². The zero-order valence-electron chi connectivity index (χ0n) is 16.7. The highest BCUT2D eigenvalue weighted by Crippen LogP contribution is 2.44. The molecule has 6 heteroatoms. The molecule has 1 saturated heterocycles. The number of nitrogens with one attached hydrogen (secondary N) is 1. The van der Waals surface area contributed by atoms with Crippen molar-refractivity contribution in [2.75, 3.05) is 0 Å². The second-order valence-electron chi connectivity index (χ2n) is 7.43. The molecule has 0 bridgehead atoms. The number of hydrogen-bond acceptors (Lipinski definition) is 4. The molecule has 1 fully saturated rings. The molecule has 2 heterocycles. The van der Waals surface area contributed by atoms with E-state index in [9.17, 15) is 9.59 Å². The first-order valence-corrected chi connectivity index (χ1v) is 10.9. The van der Waals surface area contributed by atoms with Crippen LogP contribution in [0.25, 0.3) is 0 Å². The van der Waals surface area contributed by atoms with Crippen molar-refractivity contribution in [2.45, 2.75) is 32.2 Å². The van der Waals surface area contributed by atoms with Gasteiger partial charge >= 0.3 is 6.09 Å². The Morgan fingerprint density at radius 1 is 1.03 bits per heavy atom. The Morgan fingerprint density at radius 2 is 1.70 bits per heavy atom. The third-order valence-electron chi connectivity index (χ3n) is 5.37. The van der Waals surface area contributed by atoms with Crippen LogP contribution in [0.3, 0.4) is 0 Å². The van der Waals surface area contributed by atoms with Crippen molar-refractivity contribution in [3.63, 3.8) is 0 Å². The fraction of sp³-hybridized carbons (Fsp3) is 0.250. The molecule has 4 rings (SSSR count). The Morgan fingerprint density at radius 3 is 2.33 bits per heavy atom. The second-order valence-corrected chi connectivity index (χ2v) is 8.41. The molecular formula is C24H24N2O3S. The highest BCUT2D eigenvalue weighted by Gasteiger charge is 2.51. The van der Waals surface area contributed by atoms with Crippen molar-refractivity contribution in [1.82, 2.24) is 10.2 Å². The number of rotatable bonds is 7. The lowest BCUT2D eigenvalue weighted by Gasteiger charge is -2.49. The summed E-state index contributed by atoms with van der Waals surface area (Å²) in [4.78, 5) is 28.3. The number of amides is 2. The molecule has 0 saturated carbocycles. The number of nitrogens with zero attached hydrogens (tertiary/aromatic N) is 1. The van der Waals surface area contributed by atoms with Crippen LogP contribution in [0.5, 0.6) is 0 Å². The predicted molar refractivity (Wildman–Crippen MR) is 117 cm³/mol. The quantitative estimate of drug-likeness (QED) is 0.561. The number of carbonyl (C=O) groups excluding carboxylic acids is 2. The van der Waals surface area contributed by atoms with Crippen molar-refractivity contribution in [3.05, 3.63) is 94.2 Å². The number of benzene rings is 2. The van der Waals surface area contributed by atoms with Crippen molar-refractivity contribution in [1.29, 1.82) is 0 Å².